The van der Waals surface area contributed by atoms with Crippen molar-refractivity contribution in [2.75, 3.05) is 33.2 Å². The highest BCUT2D eigenvalue weighted by molar-refractivity contribution is 5.76. The molecule has 1 fully saturated rings. The lowest BCUT2D eigenvalue weighted by Crippen LogP contribution is -2.45. The summed E-state index contributed by atoms with van der Waals surface area (Å²) in [6.45, 7) is 10.1. The van der Waals surface area contributed by atoms with E-state index in [9.17, 15) is 4.79 Å². The van der Waals surface area contributed by atoms with E-state index < -0.39 is 0 Å². The summed E-state index contributed by atoms with van der Waals surface area (Å²) in [6.07, 6.45) is 1.15. The van der Waals surface area contributed by atoms with Gasteiger partial charge in [-0.25, -0.2) is 4.79 Å². The molecule has 4 nitrogen and oxygen atoms in total. The van der Waals surface area contributed by atoms with Crippen molar-refractivity contribution in [2.24, 2.45) is 5.92 Å². The fourth-order valence-corrected chi connectivity index (χ4v) is 2.10. The van der Waals surface area contributed by atoms with E-state index >= 15 is 0 Å². The van der Waals surface area contributed by atoms with Crippen molar-refractivity contribution in [3.8, 4) is 0 Å². The number of nitrogens with one attached hydrogen (secondary N) is 1. The minimum absolute atomic E-state index is 0.172. The third-order valence-electron chi connectivity index (χ3n) is 3.52. The summed E-state index contributed by atoms with van der Waals surface area (Å²) in [7, 11) is 1.87. The van der Waals surface area contributed by atoms with Crippen molar-refractivity contribution in [1.82, 2.24) is 15.1 Å². The number of nitrogens with zero attached hydrogens (tertiary/aromatic N) is 2. The summed E-state index contributed by atoms with van der Waals surface area (Å²) in [5, 5.41) is 3.48. The molecule has 1 N–H and O–H groups in total. The fourth-order valence-electron chi connectivity index (χ4n) is 2.10. The second-order valence-corrected chi connectivity index (χ2v) is 4.70. The molecule has 0 aromatic carbocycles. The van der Waals surface area contributed by atoms with Gasteiger partial charge in [0.2, 0.25) is 0 Å². The van der Waals surface area contributed by atoms with Gasteiger partial charge < -0.3 is 15.1 Å². The average Bonchev–Trinajstić information content (AvgIpc) is 2.59. The van der Waals surface area contributed by atoms with E-state index in [1.165, 1.54) is 0 Å². The van der Waals surface area contributed by atoms with Crippen LogP contribution in [-0.2, 0) is 0 Å². The zero-order valence-corrected chi connectivity index (χ0v) is 11.0. The highest BCUT2D eigenvalue weighted by atomic mass is 16.2. The second kappa shape index (κ2) is 6.09. The molecule has 2 unspecified atom stereocenters. The summed E-state index contributed by atoms with van der Waals surface area (Å²) >= 11 is 0. The lowest BCUT2D eigenvalue weighted by Gasteiger charge is -2.28. The number of urea groups is 1. The SMILES string of the molecule is CCNC(CN1CCN(C)C1=O)C(C)CC. The van der Waals surface area contributed by atoms with E-state index in [1.54, 1.807) is 4.90 Å². The molecule has 1 heterocycles. The van der Waals surface area contributed by atoms with Gasteiger partial charge in [0.1, 0.15) is 0 Å². The van der Waals surface area contributed by atoms with Crippen LogP contribution in [0.15, 0.2) is 0 Å². The Morgan fingerprint density at radius 3 is 2.50 bits per heavy atom. The average molecular weight is 227 g/mol. The van der Waals surface area contributed by atoms with Crippen molar-refractivity contribution in [3.63, 3.8) is 0 Å². The second-order valence-electron chi connectivity index (χ2n) is 4.70. The first-order valence-corrected chi connectivity index (χ1v) is 6.33. The van der Waals surface area contributed by atoms with Crippen LogP contribution in [0, 0.1) is 5.92 Å². The molecule has 0 saturated carbocycles. The minimum Gasteiger partial charge on any atom is -0.326 e. The van der Waals surface area contributed by atoms with Crippen molar-refractivity contribution in [1.29, 1.82) is 0 Å². The number of carbonyl (C=O) groups excluding carboxylic acids is 1. The summed E-state index contributed by atoms with van der Waals surface area (Å²) in [5.74, 6) is 0.610. The Bertz CT molecular complexity index is 232. The van der Waals surface area contributed by atoms with Crippen LogP contribution in [0.3, 0.4) is 0 Å². The molecule has 1 aliphatic heterocycles. The number of amides is 2. The van der Waals surface area contributed by atoms with Gasteiger partial charge in [0, 0.05) is 32.7 Å². The molecular weight excluding hydrogens is 202 g/mol. The van der Waals surface area contributed by atoms with Crippen LogP contribution in [0.2, 0.25) is 0 Å². The Labute approximate surface area is 99.0 Å². The Morgan fingerprint density at radius 1 is 1.38 bits per heavy atom. The molecule has 94 valence electrons. The van der Waals surface area contributed by atoms with Crippen molar-refractivity contribution in [2.45, 2.75) is 33.2 Å². The number of likely N-dealkylation sites (N-methyl/N-ethyl adjacent to an activating group) is 2. The van der Waals surface area contributed by atoms with Gasteiger partial charge in [0.05, 0.1) is 0 Å². The summed E-state index contributed by atoms with van der Waals surface area (Å²) < 4.78 is 0. The Hall–Kier alpha value is -0.770. The summed E-state index contributed by atoms with van der Waals surface area (Å²) in [6, 6.07) is 0.594. The number of carbonyl (C=O) groups is 1. The highest BCUT2D eigenvalue weighted by Crippen LogP contribution is 2.13. The quantitative estimate of drug-likeness (QED) is 0.744. The van der Waals surface area contributed by atoms with Gasteiger partial charge in [-0.15, -0.1) is 0 Å². The summed E-state index contributed by atoms with van der Waals surface area (Å²) in [4.78, 5) is 15.5. The van der Waals surface area contributed by atoms with Crippen LogP contribution < -0.4 is 5.32 Å². The minimum atomic E-state index is 0.172. The van der Waals surface area contributed by atoms with Gasteiger partial charge in [-0.05, 0) is 12.5 Å². The van der Waals surface area contributed by atoms with Crippen LogP contribution in [0.4, 0.5) is 4.79 Å². The Morgan fingerprint density at radius 2 is 2.06 bits per heavy atom. The van der Waals surface area contributed by atoms with Gasteiger partial charge in [0.15, 0.2) is 0 Å². The molecule has 16 heavy (non-hydrogen) atoms. The number of hydrogen-bond donors (Lipinski definition) is 1. The van der Waals surface area contributed by atoms with Crippen LogP contribution in [-0.4, -0.2) is 55.1 Å². The smallest absolute Gasteiger partial charge is 0.319 e. The summed E-state index contributed by atoms with van der Waals surface area (Å²) in [5.41, 5.74) is 0. The number of rotatable bonds is 6. The molecule has 2 amide bonds. The zero-order chi connectivity index (χ0) is 12.1. The zero-order valence-electron chi connectivity index (χ0n) is 11.0. The Balaban J connectivity index is 2.51. The van der Waals surface area contributed by atoms with E-state index in [-0.39, 0.29) is 6.03 Å². The van der Waals surface area contributed by atoms with Gasteiger partial charge >= 0.3 is 6.03 Å². The molecule has 0 aromatic heterocycles. The predicted molar refractivity (Wildman–Crippen MR) is 66.5 cm³/mol. The maximum absolute atomic E-state index is 11.8. The predicted octanol–water partition coefficient (Wildman–Crippen LogP) is 1.38. The molecule has 0 aromatic rings. The molecule has 1 aliphatic rings. The molecule has 1 rings (SSSR count). The van der Waals surface area contributed by atoms with Crippen LogP contribution in [0.25, 0.3) is 0 Å². The maximum atomic E-state index is 11.8. The first kappa shape index (κ1) is 13.3. The topological polar surface area (TPSA) is 35.6 Å². The van der Waals surface area contributed by atoms with Gasteiger partial charge in [0.25, 0.3) is 0 Å². The normalized spacial score (nSPS) is 20.4. The first-order chi connectivity index (χ1) is 7.60. The molecule has 0 spiro atoms. The standard InChI is InChI=1S/C12H25N3O/c1-5-10(3)11(13-6-2)9-15-8-7-14(4)12(15)16/h10-11,13H,5-9H2,1-4H3. The third-order valence-corrected chi connectivity index (χ3v) is 3.52. The van der Waals surface area contributed by atoms with E-state index in [1.807, 2.05) is 11.9 Å². The molecule has 0 aliphatic carbocycles. The lowest BCUT2D eigenvalue weighted by molar-refractivity contribution is 0.188. The van der Waals surface area contributed by atoms with E-state index in [0.717, 1.165) is 32.6 Å². The van der Waals surface area contributed by atoms with Crippen LogP contribution in [0.1, 0.15) is 27.2 Å². The molecule has 4 heteroatoms. The van der Waals surface area contributed by atoms with Crippen molar-refractivity contribution >= 4 is 6.03 Å². The van der Waals surface area contributed by atoms with Crippen LogP contribution >= 0.6 is 0 Å². The van der Waals surface area contributed by atoms with Crippen molar-refractivity contribution in [3.05, 3.63) is 0 Å². The largest absolute Gasteiger partial charge is 0.326 e. The molecular formula is C12H25N3O. The molecule has 0 radical (unpaired) electrons. The number of hydrogen-bond acceptors (Lipinski definition) is 2. The lowest BCUT2D eigenvalue weighted by atomic mass is 9.98. The monoisotopic (exact) mass is 227 g/mol. The molecule has 1 saturated heterocycles. The fraction of sp³-hybridized carbons (Fsp3) is 0.917. The van der Waals surface area contributed by atoms with Gasteiger partial charge in [-0.3, -0.25) is 0 Å². The molecule has 2 atom stereocenters. The van der Waals surface area contributed by atoms with Crippen molar-refractivity contribution < 1.29 is 4.79 Å². The van der Waals surface area contributed by atoms with Gasteiger partial charge in [-0.1, -0.05) is 27.2 Å². The first-order valence-electron chi connectivity index (χ1n) is 6.33. The van der Waals surface area contributed by atoms with E-state index in [0.29, 0.717) is 12.0 Å². The third kappa shape index (κ3) is 3.11. The maximum Gasteiger partial charge on any atom is 0.319 e. The highest BCUT2D eigenvalue weighted by Gasteiger charge is 2.28. The molecule has 0 bridgehead atoms. The Kier molecular flexibility index (Phi) is 5.06. The van der Waals surface area contributed by atoms with E-state index in [2.05, 4.69) is 26.1 Å². The van der Waals surface area contributed by atoms with Crippen LogP contribution in [0.5, 0.6) is 0 Å². The van der Waals surface area contributed by atoms with E-state index in [4.69, 9.17) is 0 Å². The van der Waals surface area contributed by atoms with Gasteiger partial charge in [-0.2, -0.15) is 0 Å².